The zero-order chi connectivity index (χ0) is 17.5. The van der Waals surface area contributed by atoms with Gasteiger partial charge in [0.1, 0.15) is 6.54 Å². The third-order valence-electron chi connectivity index (χ3n) is 4.95. The highest BCUT2D eigenvalue weighted by atomic mass is 19.4. The van der Waals surface area contributed by atoms with Crippen LogP contribution in [0.3, 0.4) is 0 Å². The summed E-state index contributed by atoms with van der Waals surface area (Å²) in [5.41, 5.74) is 1.18. The minimum Gasteiger partial charge on any atom is -0.312 e. The van der Waals surface area contributed by atoms with Gasteiger partial charge in [0.2, 0.25) is 11.8 Å². The molecule has 1 aromatic carbocycles. The Kier molecular flexibility index (Phi) is 4.27. The van der Waals surface area contributed by atoms with E-state index >= 15 is 0 Å². The molecule has 1 fully saturated rings. The predicted molar refractivity (Wildman–Crippen MR) is 83.7 cm³/mol. The number of amides is 2. The maximum atomic E-state index is 13.0. The van der Waals surface area contributed by atoms with Crippen LogP contribution in [0.5, 0.6) is 0 Å². The van der Waals surface area contributed by atoms with Gasteiger partial charge in [-0.25, -0.2) is 0 Å². The summed E-state index contributed by atoms with van der Waals surface area (Å²) in [6.45, 7) is -0.125. The Labute approximate surface area is 138 Å². The quantitative estimate of drug-likeness (QED) is 0.786. The number of alkyl halides is 3. The first kappa shape index (κ1) is 16.8. The van der Waals surface area contributed by atoms with E-state index < -0.39 is 18.0 Å². The number of hydrogen-bond acceptors (Lipinski definition) is 2. The SMILES string of the molecule is CN1C(=O)CN(C(=O)[C@H]2CCC[C@H](C(F)(F)F)C2)c2ccccc21. The minimum absolute atomic E-state index is 0.0749. The van der Waals surface area contributed by atoms with Crippen molar-refractivity contribution in [3.63, 3.8) is 0 Å². The van der Waals surface area contributed by atoms with Gasteiger partial charge >= 0.3 is 6.18 Å². The van der Waals surface area contributed by atoms with Crippen molar-refractivity contribution in [1.82, 2.24) is 0 Å². The molecule has 2 atom stereocenters. The van der Waals surface area contributed by atoms with E-state index in [-0.39, 0.29) is 31.2 Å². The number of anilines is 2. The first-order valence-electron chi connectivity index (χ1n) is 8.02. The number of carbonyl (C=O) groups is 2. The zero-order valence-electron chi connectivity index (χ0n) is 13.3. The number of rotatable bonds is 1. The maximum absolute atomic E-state index is 13.0. The van der Waals surface area contributed by atoms with Gasteiger partial charge in [0.15, 0.2) is 0 Å². The van der Waals surface area contributed by atoms with E-state index in [0.717, 1.165) is 0 Å². The number of fused-ring (bicyclic) bond motifs is 1. The van der Waals surface area contributed by atoms with Crippen LogP contribution in [0.2, 0.25) is 0 Å². The molecular formula is C17H19F3N2O2. The van der Waals surface area contributed by atoms with Crippen molar-refractivity contribution in [3.05, 3.63) is 24.3 Å². The molecule has 0 aromatic heterocycles. The van der Waals surface area contributed by atoms with E-state index in [1.54, 1.807) is 31.3 Å². The standard InChI is InChI=1S/C17H19F3N2O2/c1-21-13-7-2-3-8-14(13)22(10-15(21)23)16(24)11-5-4-6-12(9-11)17(18,19)20/h2-3,7-8,11-12H,4-6,9-10H2,1H3/t11-,12-/m0/s1. The number of benzene rings is 1. The third kappa shape index (κ3) is 2.99. The number of carbonyl (C=O) groups excluding carboxylic acids is 2. The molecule has 3 rings (SSSR count). The summed E-state index contributed by atoms with van der Waals surface area (Å²) in [7, 11) is 1.63. The number of nitrogens with zero attached hydrogens (tertiary/aromatic N) is 2. The van der Waals surface area contributed by atoms with Crippen molar-refractivity contribution in [2.75, 3.05) is 23.4 Å². The van der Waals surface area contributed by atoms with Crippen molar-refractivity contribution >= 4 is 23.2 Å². The Bertz CT molecular complexity index is 659. The molecule has 1 aliphatic heterocycles. The molecular weight excluding hydrogens is 321 g/mol. The molecule has 0 spiro atoms. The van der Waals surface area contributed by atoms with E-state index in [2.05, 4.69) is 0 Å². The molecule has 1 heterocycles. The second-order valence-electron chi connectivity index (χ2n) is 6.47. The molecule has 24 heavy (non-hydrogen) atoms. The summed E-state index contributed by atoms with van der Waals surface area (Å²) in [4.78, 5) is 27.8. The molecule has 1 saturated carbocycles. The van der Waals surface area contributed by atoms with Gasteiger partial charge in [-0.05, 0) is 31.4 Å². The highest BCUT2D eigenvalue weighted by Gasteiger charge is 2.45. The second-order valence-corrected chi connectivity index (χ2v) is 6.47. The molecule has 0 radical (unpaired) electrons. The van der Waals surface area contributed by atoms with Crippen molar-refractivity contribution in [1.29, 1.82) is 0 Å². The zero-order valence-corrected chi connectivity index (χ0v) is 13.3. The summed E-state index contributed by atoms with van der Waals surface area (Å²) < 4.78 is 39.0. The van der Waals surface area contributed by atoms with Crippen LogP contribution in [0.15, 0.2) is 24.3 Å². The van der Waals surface area contributed by atoms with Crippen LogP contribution in [-0.2, 0) is 9.59 Å². The predicted octanol–water partition coefficient (Wildman–Crippen LogP) is 3.36. The lowest BCUT2D eigenvalue weighted by Gasteiger charge is -2.37. The Hall–Kier alpha value is -2.05. The van der Waals surface area contributed by atoms with E-state index in [1.165, 1.54) is 9.80 Å². The fraction of sp³-hybridized carbons (Fsp3) is 0.529. The topological polar surface area (TPSA) is 40.6 Å². The average molecular weight is 340 g/mol. The van der Waals surface area contributed by atoms with E-state index in [9.17, 15) is 22.8 Å². The fourth-order valence-electron chi connectivity index (χ4n) is 3.57. The van der Waals surface area contributed by atoms with Crippen molar-refractivity contribution in [3.8, 4) is 0 Å². The van der Waals surface area contributed by atoms with Crippen LogP contribution >= 0.6 is 0 Å². The highest BCUT2D eigenvalue weighted by molar-refractivity contribution is 6.11. The summed E-state index contributed by atoms with van der Waals surface area (Å²) >= 11 is 0. The van der Waals surface area contributed by atoms with Crippen molar-refractivity contribution in [2.45, 2.75) is 31.9 Å². The maximum Gasteiger partial charge on any atom is 0.391 e. The fourth-order valence-corrected chi connectivity index (χ4v) is 3.57. The van der Waals surface area contributed by atoms with E-state index in [1.807, 2.05) is 0 Å². The number of para-hydroxylation sites is 2. The molecule has 7 heteroatoms. The van der Waals surface area contributed by atoms with Crippen LogP contribution in [0, 0.1) is 11.8 Å². The first-order valence-corrected chi connectivity index (χ1v) is 8.02. The lowest BCUT2D eigenvalue weighted by molar-refractivity contribution is -0.186. The molecule has 2 aliphatic rings. The Morgan fingerprint density at radius 1 is 1.17 bits per heavy atom. The van der Waals surface area contributed by atoms with Crippen LogP contribution < -0.4 is 9.80 Å². The average Bonchev–Trinajstić information content (AvgIpc) is 2.57. The normalized spacial score (nSPS) is 24.8. The molecule has 4 nitrogen and oxygen atoms in total. The molecule has 0 saturated heterocycles. The Balaban J connectivity index is 1.85. The Morgan fingerprint density at radius 3 is 2.50 bits per heavy atom. The summed E-state index contributed by atoms with van der Waals surface area (Å²) in [5.74, 6) is -2.74. The van der Waals surface area contributed by atoms with Gasteiger partial charge < -0.3 is 9.80 Å². The Morgan fingerprint density at radius 2 is 1.83 bits per heavy atom. The van der Waals surface area contributed by atoms with E-state index in [4.69, 9.17) is 0 Å². The number of hydrogen-bond donors (Lipinski definition) is 0. The van der Waals surface area contributed by atoms with Crippen LogP contribution in [-0.4, -0.2) is 31.6 Å². The smallest absolute Gasteiger partial charge is 0.312 e. The first-order chi connectivity index (χ1) is 11.3. The van der Waals surface area contributed by atoms with E-state index in [0.29, 0.717) is 24.2 Å². The van der Waals surface area contributed by atoms with Crippen LogP contribution in [0.1, 0.15) is 25.7 Å². The van der Waals surface area contributed by atoms with Crippen molar-refractivity contribution in [2.24, 2.45) is 11.8 Å². The third-order valence-corrected chi connectivity index (χ3v) is 4.95. The lowest BCUT2D eigenvalue weighted by Crippen LogP contribution is -2.49. The molecule has 1 aliphatic carbocycles. The van der Waals surface area contributed by atoms with Gasteiger partial charge in [0.05, 0.1) is 17.3 Å². The second kappa shape index (κ2) is 6.11. The molecule has 0 unspecified atom stereocenters. The lowest BCUT2D eigenvalue weighted by atomic mass is 9.80. The van der Waals surface area contributed by atoms with Gasteiger partial charge in [-0.1, -0.05) is 18.6 Å². The monoisotopic (exact) mass is 340 g/mol. The van der Waals surface area contributed by atoms with Crippen molar-refractivity contribution < 1.29 is 22.8 Å². The van der Waals surface area contributed by atoms with Gasteiger partial charge in [0, 0.05) is 13.0 Å². The molecule has 0 N–H and O–H groups in total. The van der Waals surface area contributed by atoms with Crippen LogP contribution in [0.25, 0.3) is 0 Å². The minimum atomic E-state index is -4.27. The largest absolute Gasteiger partial charge is 0.391 e. The van der Waals surface area contributed by atoms with Gasteiger partial charge in [-0.2, -0.15) is 13.2 Å². The number of halogens is 3. The summed E-state index contributed by atoms with van der Waals surface area (Å²) in [6, 6.07) is 6.96. The molecule has 0 bridgehead atoms. The van der Waals surface area contributed by atoms with Gasteiger partial charge in [-0.15, -0.1) is 0 Å². The highest BCUT2D eigenvalue weighted by Crippen LogP contribution is 2.42. The molecule has 1 aromatic rings. The summed E-state index contributed by atoms with van der Waals surface area (Å²) in [5, 5.41) is 0. The summed E-state index contributed by atoms with van der Waals surface area (Å²) in [6.07, 6.45) is -3.57. The van der Waals surface area contributed by atoms with Gasteiger partial charge in [-0.3, -0.25) is 9.59 Å². The molecule has 130 valence electrons. The van der Waals surface area contributed by atoms with Gasteiger partial charge in [0.25, 0.3) is 0 Å². The van der Waals surface area contributed by atoms with Crippen LogP contribution in [0.4, 0.5) is 24.5 Å². The molecule has 2 amide bonds. The number of likely N-dealkylation sites (N-methyl/N-ethyl adjacent to an activating group) is 1.